The Morgan fingerprint density at radius 1 is 1.33 bits per heavy atom. The van der Waals surface area contributed by atoms with E-state index in [0.717, 1.165) is 17.6 Å². The summed E-state index contributed by atoms with van der Waals surface area (Å²) in [6, 6.07) is 0. The highest BCUT2D eigenvalue weighted by molar-refractivity contribution is 5.81. The normalized spacial score (nSPS) is 24.3. The van der Waals surface area contributed by atoms with E-state index >= 15 is 0 Å². The zero-order chi connectivity index (χ0) is 22.0. The molecular formula is C13H16N8O9. The van der Waals surface area contributed by atoms with E-state index in [9.17, 15) is 30.1 Å². The van der Waals surface area contributed by atoms with Crippen molar-refractivity contribution in [1.82, 2.24) is 24.4 Å². The molecule has 0 radical (unpaired) electrons. The van der Waals surface area contributed by atoms with Gasteiger partial charge in [0.05, 0.1) is 6.33 Å². The molecule has 162 valence electrons. The molecule has 1 saturated heterocycles. The number of imidazole rings is 1. The molecule has 3 heterocycles. The second kappa shape index (κ2) is 8.25. The molecule has 2 aromatic rings. The van der Waals surface area contributed by atoms with Gasteiger partial charge in [-0.25, -0.2) is 15.0 Å². The average Bonchev–Trinajstić information content (AvgIpc) is 3.25. The summed E-state index contributed by atoms with van der Waals surface area (Å²) in [5.74, 6) is 0.0104. The van der Waals surface area contributed by atoms with Crippen molar-refractivity contribution in [2.75, 3.05) is 12.3 Å². The number of hydrogen-bond acceptors (Lipinski definition) is 13. The first kappa shape index (κ1) is 20.9. The minimum atomic E-state index is -1.78. The monoisotopic (exact) mass is 428 g/mol. The lowest BCUT2D eigenvalue weighted by atomic mass is 10.1. The third-order valence-corrected chi connectivity index (χ3v) is 4.44. The van der Waals surface area contributed by atoms with Crippen LogP contribution in [0.5, 0.6) is 0 Å². The molecule has 1 fully saturated rings. The van der Waals surface area contributed by atoms with E-state index in [1.54, 1.807) is 0 Å². The van der Waals surface area contributed by atoms with Crippen LogP contribution in [0.3, 0.4) is 0 Å². The van der Waals surface area contributed by atoms with E-state index < -0.39 is 40.9 Å². The van der Waals surface area contributed by atoms with Crippen LogP contribution in [-0.4, -0.2) is 77.2 Å². The molecule has 5 atom stereocenters. The van der Waals surface area contributed by atoms with Crippen molar-refractivity contribution in [2.24, 2.45) is 0 Å². The number of ether oxygens (including phenoxy) is 1. The molecule has 30 heavy (non-hydrogen) atoms. The number of rotatable bonds is 9. The van der Waals surface area contributed by atoms with Crippen LogP contribution >= 0.6 is 0 Å². The Morgan fingerprint density at radius 3 is 2.60 bits per heavy atom. The lowest BCUT2D eigenvalue weighted by Gasteiger charge is -2.29. The molecule has 0 saturated carbocycles. The second-order valence-corrected chi connectivity index (χ2v) is 6.01. The highest BCUT2D eigenvalue weighted by atomic mass is 17.0. The van der Waals surface area contributed by atoms with Gasteiger partial charge in [-0.2, -0.15) is 0 Å². The molecule has 2 aromatic heterocycles. The SMILES string of the molecule is CCN(C=O)C(O)[C@H]1O[C@@H](n2cnc3c(N)ncnc32)[C@H](O[N+](=O)[O-])[C@@H]1O[N+](=O)[O-]. The molecule has 1 unspecified atom stereocenters. The summed E-state index contributed by atoms with van der Waals surface area (Å²) in [4.78, 5) is 55.0. The van der Waals surface area contributed by atoms with Gasteiger partial charge in [-0.1, -0.05) is 0 Å². The maximum absolute atomic E-state index is 11.2. The van der Waals surface area contributed by atoms with E-state index in [2.05, 4.69) is 24.6 Å². The summed E-state index contributed by atoms with van der Waals surface area (Å²) >= 11 is 0. The van der Waals surface area contributed by atoms with Gasteiger partial charge in [-0.15, -0.1) is 20.2 Å². The van der Waals surface area contributed by atoms with Crippen molar-refractivity contribution < 1.29 is 34.5 Å². The van der Waals surface area contributed by atoms with Gasteiger partial charge in [0, 0.05) is 6.54 Å². The van der Waals surface area contributed by atoms with Crippen LogP contribution < -0.4 is 5.73 Å². The summed E-state index contributed by atoms with van der Waals surface area (Å²) in [5, 5.41) is 30.1. The third-order valence-electron chi connectivity index (χ3n) is 4.44. The Bertz CT molecular complexity index is 954. The molecule has 0 bridgehead atoms. The first-order valence-electron chi connectivity index (χ1n) is 8.38. The Morgan fingerprint density at radius 2 is 2.00 bits per heavy atom. The molecule has 1 aliphatic heterocycles. The van der Waals surface area contributed by atoms with Crippen LogP contribution in [0, 0.1) is 20.2 Å². The Hall–Kier alpha value is -3.86. The lowest BCUT2D eigenvalue weighted by molar-refractivity contribution is -0.798. The number of carbonyl (C=O) groups excluding carboxylic acids is 1. The summed E-state index contributed by atoms with van der Waals surface area (Å²) in [6.07, 6.45) is -5.75. The van der Waals surface area contributed by atoms with Crippen LogP contribution in [0.2, 0.25) is 0 Å². The van der Waals surface area contributed by atoms with Gasteiger partial charge in [0.2, 0.25) is 6.41 Å². The number of likely N-dealkylation sites (N-methyl/N-ethyl adjacent to an activating group) is 1. The molecule has 1 aliphatic rings. The number of aliphatic hydroxyl groups excluding tert-OH is 1. The van der Waals surface area contributed by atoms with Gasteiger partial charge in [0.25, 0.3) is 10.2 Å². The van der Waals surface area contributed by atoms with Crippen molar-refractivity contribution in [2.45, 2.75) is 37.7 Å². The maximum atomic E-state index is 11.2. The first-order valence-corrected chi connectivity index (χ1v) is 8.38. The van der Waals surface area contributed by atoms with Crippen molar-refractivity contribution in [1.29, 1.82) is 0 Å². The van der Waals surface area contributed by atoms with E-state index in [4.69, 9.17) is 10.5 Å². The van der Waals surface area contributed by atoms with Crippen molar-refractivity contribution >= 4 is 23.4 Å². The van der Waals surface area contributed by atoms with E-state index in [1.807, 2.05) is 0 Å². The molecule has 3 N–H and O–H groups in total. The number of fused-ring (bicyclic) bond motifs is 1. The standard InChI is InChI=1S/C13H16N8O9/c1-2-18(5-22)12(23)8-7(29-20(24)25)9(30-21(26)27)13(28-8)19-4-17-6-10(14)15-3-16-11(6)19/h3-5,7-9,12-13,23H,2H2,1H3,(H2,14,15,16)/t7-,8+,9-,12?,13-/m1/s1. The van der Waals surface area contributed by atoms with Crippen molar-refractivity contribution in [3.63, 3.8) is 0 Å². The summed E-state index contributed by atoms with van der Waals surface area (Å²) < 4.78 is 6.81. The Labute approximate surface area is 166 Å². The van der Waals surface area contributed by atoms with Gasteiger partial charge in [-0.3, -0.25) is 9.36 Å². The molecule has 0 spiro atoms. The molecule has 3 rings (SSSR count). The second-order valence-electron chi connectivity index (χ2n) is 6.01. The van der Waals surface area contributed by atoms with E-state index in [0.29, 0.717) is 0 Å². The van der Waals surface area contributed by atoms with Crippen molar-refractivity contribution in [3.8, 4) is 0 Å². The summed E-state index contributed by atoms with van der Waals surface area (Å²) in [7, 11) is 0. The zero-order valence-corrected chi connectivity index (χ0v) is 15.2. The molecule has 0 aliphatic carbocycles. The van der Waals surface area contributed by atoms with Gasteiger partial charge in [0.15, 0.2) is 36.1 Å². The van der Waals surface area contributed by atoms with Crippen LogP contribution in [-0.2, 0) is 19.2 Å². The largest absolute Gasteiger partial charge is 0.382 e. The zero-order valence-electron chi connectivity index (χ0n) is 15.2. The topological polar surface area (TPSA) is 224 Å². The van der Waals surface area contributed by atoms with E-state index in [-0.39, 0.29) is 29.9 Å². The van der Waals surface area contributed by atoms with Crippen LogP contribution in [0.25, 0.3) is 11.2 Å². The fourth-order valence-corrected chi connectivity index (χ4v) is 3.13. The number of nitrogens with two attached hydrogens (primary N) is 1. The minimum Gasteiger partial charge on any atom is -0.382 e. The van der Waals surface area contributed by atoms with Gasteiger partial charge in [0.1, 0.15) is 17.9 Å². The van der Waals surface area contributed by atoms with Crippen LogP contribution in [0.15, 0.2) is 12.7 Å². The number of amides is 1. The van der Waals surface area contributed by atoms with E-state index in [1.165, 1.54) is 11.5 Å². The predicted molar refractivity (Wildman–Crippen MR) is 91.8 cm³/mol. The highest BCUT2D eigenvalue weighted by Crippen LogP contribution is 2.37. The number of aliphatic hydroxyl groups is 1. The summed E-state index contributed by atoms with van der Waals surface area (Å²) in [6.45, 7) is 1.54. The number of nitrogens with zero attached hydrogens (tertiary/aromatic N) is 7. The number of hydrogen-bond donors (Lipinski definition) is 2. The number of carbonyl (C=O) groups is 1. The quantitative estimate of drug-likeness (QED) is 0.196. The number of anilines is 1. The first-order chi connectivity index (χ1) is 14.3. The Balaban J connectivity index is 2.08. The van der Waals surface area contributed by atoms with Crippen molar-refractivity contribution in [3.05, 3.63) is 32.9 Å². The molecule has 17 nitrogen and oxygen atoms in total. The number of nitrogen functional groups attached to an aromatic ring is 1. The number of aromatic nitrogens is 4. The Kier molecular flexibility index (Phi) is 5.74. The highest BCUT2D eigenvalue weighted by Gasteiger charge is 2.54. The van der Waals surface area contributed by atoms with Gasteiger partial charge in [-0.05, 0) is 6.92 Å². The lowest BCUT2D eigenvalue weighted by Crippen LogP contribution is -2.50. The van der Waals surface area contributed by atoms with Crippen LogP contribution in [0.4, 0.5) is 5.82 Å². The van der Waals surface area contributed by atoms with Crippen LogP contribution in [0.1, 0.15) is 13.2 Å². The van der Waals surface area contributed by atoms with Gasteiger partial charge >= 0.3 is 0 Å². The predicted octanol–water partition coefficient (Wildman–Crippen LogP) is -1.74. The molecular weight excluding hydrogens is 412 g/mol. The molecule has 1 amide bonds. The fourth-order valence-electron chi connectivity index (χ4n) is 3.13. The minimum absolute atomic E-state index is 0.0104. The average molecular weight is 428 g/mol. The third kappa shape index (κ3) is 3.70. The maximum Gasteiger partial charge on any atom is 0.295 e. The van der Waals surface area contributed by atoms with Gasteiger partial charge < -0.3 is 30.2 Å². The fraction of sp³-hybridized carbons (Fsp3) is 0.538. The molecule has 17 heteroatoms. The summed E-state index contributed by atoms with van der Waals surface area (Å²) in [5.41, 5.74) is 5.95. The molecule has 0 aromatic carbocycles. The smallest absolute Gasteiger partial charge is 0.295 e.